The zero-order chi connectivity index (χ0) is 13.6. The van der Waals surface area contributed by atoms with Crippen molar-refractivity contribution in [3.05, 3.63) is 29.8 Å². The molecule has 1 heteroatoms. The van der Waals surface area contributed by atoms with E-state index in [4.69, 9.17) is 4.74 Å². The second-order valence-electron chi connectivity index (χ2n) is 7.54. The van der Waals surface area contributed by atoms with Gasteiger partial charge in [-0.15, -0.1) is 0 Å². The third-order valence-corrected chi connectivity index (χ3v) is 4.43. The number of hydrogen-bond acceptors (Lipinski definition) is 1. The number of fused-ring (bicyclic) bond motifs is 1. The van der Waals surface area contributed by atoms with Crippen molar-refractivity contribution in [1.29, 1.82) is 0 Å². The molecule has 2 rings (SSSR count). The highest BCUT2D eigenvalue weighted by Gasteiger charge is 2.54. The summed E-state index contributed by atoms with van der Waals surface area (Å²) < 4.78 is 6.55. The van der Waals surface area contributed by atoms with Crippen LogP contribution in [-0.4, -0.2) is 5.60 Å². The van der Waals surface area contributed by atoms with Crippen LogP contribution in [0.2, 0.25) is 0 Å². The van der Waals surface area contributed by atoms with Gasteiger partial charge in [-0.3, -0.25) is 0 Å². The zero-order valence-corrected chi connectivity index (χ0v) is 12.6. The van der Waals surface area contributed by atoms with E-state index in [1.807, 2.05) is 0 Å². The van der Waals surface area contributed by atoms with Crippen LogP contribution in [0.5, 0.6) is 5.75 Å². The van der Waals surface area contributed by atoms with Gasteiger partial charge in [0.2, 0.25) is 0 Å². The van der Waals surface area contributed by atoms with E-state index in [0.29, 0.717) is 0 Å². The third-order valence-electron chi connectivity index (χ3n) is 4.43. The number of rotatable bonds is 0. The fraction of sp³-hybridized carbons (Fsp3) is 0.647. The van der Waals surface area contributed by atoms with E-state index in [2.05, 4.69) is 65.8 Å². The molecule has 0 aliphatic carbocycles. The number of ether oxygens (including phenoxy) is 1. The lowest BCUT2D eigenvalue weighted by atomic mass is 9.59. The van der Waals surface area contributed by atoms with Gasteiger partial charge < -0.3 is 4.74 Å². The van der Waals surface area contributed by atoms with E-state index in [-0.39, 0.29) is 16.4 Å². The molecule has 0 unspecified atom stereocenters. The molecular formula is C17H26O. The van der Waals surface area contributed by atoms with E-state index in [1.165, 1.54) is 5.56 Å². The maximum Gasteiger partial charge on any atom is 0.123 e. The molecule has 1 heterocycles. The normalized spacial score (nSPS) is 19.0. The highest BCUT2D eigenvalue weighted by atomic mass is 16.5. The molecule has 0 fully saturated rings. The van der Waals surface area contributed by atoms with Gasteiger partial charge >= 0.3 is 0 Å². The number of aryl methyl sites for hydroxylation is 1. The molecule has 0 atom stereocenters. The van der Waals surface area contributed by atoms with Crippen molar-refractivity contribution in [3.8, 4) is 5.75 Å². The molecule has 0 saturated heterocycles. The average molecular weight is 246 g/mol. The van der Waals surface area contributed by atoms with Crippen molar-refractivity contribution < 1.29 is 4.74 Å². The number of hydrogen-bond donors (Lipinski definition) is 0. The van der Waals surface area contributed by atoms with Crippen molar-refractivity contribution in [2.45, 2.75) is 60.0 Å². The molecule has 0 amide bonds. The van der Waals surface area contributed by atoms with Crippen LogP contribution in [-0.2, 0) is 6.42 Å². The summed E-state index contributed by atoms with van der Waals surface area (Å²) in [5, 5.41) is 0. The monoisotopic (exact) mass is 246 g/mol. The summed E-state index contributed by atoms with van der Waals surface area (Å²) in [5.74, 6) is 1.08. The minimum atomic E-state index is -0.103. The van der Waals surface area contributed by atoms with Gasteiger partial charge in [-0.2, -0.15) is 0 Å². The first-order valence-electron chi connectivity index (χ1n) is 6.94. The maximum absolute atomic E-state index is 6.55. The van der Waals surface area contributed by atoms with Crippen LogP contribution in [0.3, 0.4) is 0 Å². The highest BCUT2D eigenvalue weighted by molar-refractivity contribution is 5.37. The molecule has 1 aromatic carbocycles. The lowest BCUT2D eigenvalue weighted by molar-refractivity contribution is -0.127. The van der Waals surface area contributed by atoms with Crippen LogP contribution in [0.25, 0.3) is 0 Å². The molecule has 0 bridgehead atoms. The average Bonchev–Trinajstić information content (AvgIpc) is 2.25. The van der Waals surface area contributed by atoms with E-state index in [0.717, 1.165) is 18.6 Å². The molecule has 18 heavy (non-hydrogen) atoms. The predicted octanol–water partition coefficient (Wildman–Crippen LogP) is 4.84. The molecule has 0 saturated carbocycles. The van der Waals surface area contributed by atoms with Crippen LogP contribution in [0.15, 0.2) is 24.3 Å². The quantitative estimate of drug-likeness (QED) is 0.636. The van der Waals surface area contributed by atoms with Crippen LogP contribution in [0.4, 0.5) is 0 Å². The Morgan fingerprint density at radius 1 is 0.944 bits per heavy atom. The zero-order valence-electron chi connectivity index (χ0n) is 12.6. The van der Waals surface area contributed by atoms with Gasteiger partial charge in [0.1, 0.15) is 11.4 Å². The van der Waals surface area contributed by atoms with Crippen molar-refractivity contribution >= 4 is 0 Å². The summed E-state index contributed by atoms with van der Waals surface area (Å²) in [5.41, 5.74) is 1.49. The Morgan fingerprint density at radius 2 is 1.50 bits per heavy atom. The van der Waals surface area contributed by atoms with Crippen molar-refractivity contribution in [1.82, 2.24) is 0 Å². The van der Waals surface area contributed by atoms with Crippen molar-refractivity contribution in [2.24, 2.45) is 10.8 Å². The molecule has 1 aliphatic rings. The summed E-state index contributed by atoms with van der Waals surface area (Å²) >= 11 is 0. The van der Waals surface area contributed by atoms with Crippen LogP contribution < -0.4 is 4.74 Å². The van der Waals surface area contributed by atoms with Crippen LogP contribution >= 0.6 is 0 Å². The van der Waals surface area contributed by atoms with Gasteiger partial charge in [-0.1, -0.05) is 59.7 Å². The number of para-hydroxylation sites is 1. The first kappa shape index (κ1) is 13.5. The molecular weight excluding hydrogens is 220 g/mol. The van der Waals surface area contributed by atoms with E-state index < -0.39 is 0 Å². The molecule has 1 aromatic rings. The molecule has 100 valence electrons. The van der Waals surface area contributed by atoms with Crippen molar-refractivity contribution in [3.63, 3.8) is 0 Å². The van der Waals surface area contributed by atoms with Gasteiger partial charge in [0.05, 0.1) is 0 Å². The Kier molecular flexibility index (Phi) is 3.00. The molecule has 1 aliphatic heterocycles. The van der Waals surface area contributed by atoms with Gasteiger partial charge in [-0.05, 0) is 24.5 Å². The SMILES string of the molecule is CC(C)(C)C1(C(C)(C)C)CCc2ccccc2O1. The largest absolute Gasteiger partial charge is 0.486 e. The molecule has 0 spiro atoms. The summed E-state index contributed by atoms with van der Waals surface area (Å²) in [6.45, 7) is 13.8. The Morgan fingerprint density at radius 3 is 2.06 bits per heavy atom. The van der Waals surface area contributed by atoms with Crippen LogP contribution in [0, 0.1) is 10.8 Å². The van der Waals surface area contributed by atoms with Gasteiger partial charge in [0, 0.05) is 10.8 Å². The first-order valence-corrected chi connectivity index (χ1v) is 6.94. The second-order valence-corrected chi connectivity index (χ2v) is 7.54. The fourth-order valence-corrected chi connectivity index (χ4v) is 3.54. The Labute approximate surface area is 112 Å². The minimum Gasteiger partial charge on any atom is -0.486 e. The summed E-state index contributed by atoms with van der Waals surface area (Å²) in [4.78, 5) is 0. The van der Waals surface area contributed by atoms with E-state index in [1.54, 1.807) is 0 Å². The lowest BCUT2D eigenvalue weighted by Crippen LogP contribution is -2.59. The molecule has 0 aromatic heterocycles. The fourth-order valence-electron chi connectivity index (χ4n) is 3.54. The second kappa shape index (κ2) is 4.01. The summed E-state index contributed by atoms with van der Waals surface area (Å²) in [6, 6.07) is 8.47. The van der Waals surface area contributed by atoms with E-state index >= 15 is 0 Å². The Hall–Kier alpha value is -0.980. The van der Waals surface area contributed by atoms with Gasteiger partial charge in [0.25, 0.3) is 0 Å². The molecule has 0 N–H and O–H groups in total. The lowest BCUT2D eigenvalue weighted by Gasteiger charge is -2.55. The topological polar surface area (TPSA) is 9.23 Å². The first-order chi connectivity index (χ1) is 8.17. The van der Waals surface area contributed by atoms with Gasteiger partial charge in [0.15, 0.2) is 0 Å². The molecule has 1 nitrogen and oxygen atoms in total. The Bertz CT molecular complexity index is 418. The third kappa shape index (κ3) is 1.94. The minimum absolute atomic E-state index is 0.103. The number of benzene rings is 1. The van der Waals surface area contributed by atoms with Crippen LogP contribution in [0.1, 0.15) is 53.5 Å². The smallest absolute Gasteiger partial charge is 0.123 e. The summed E-state index contributed by atoms with van der Waals surface area (Å²) in [7, 11) is 0. The predicted molar refractivity (Wildman–Crippen MR) is 77.0 cm³/mol. The Balaban J connectivity index is 2.49. The van der Waals surface area contributed by atoms with Crippen molar-refractivity contribution in [2.75, 3.05) is 0 Å². The summed E-state index contributed by atoms with van der Waals surface area (Å²) in [6.07, 6.45) is 2.21. The van der Waals surface area contributed by atoms with Gasteiger partial charge in [-0.25, -0.2) is 0 Å². The molecule has 0 radical (unpaired) electrons. The van der Waals surface area contributed by atoms with E-state index in [9.17, 15) is 0 Å². The highest BCUT2D eigenvalue weighted by Crippen LogP contribution is 2.52. The maximum atomic E-state index is 6.55. The standard InChI is InChI=1S/C17H26O/c1-15(2,3)17(16(4,5)6)12-11-13-9-7-8-10-14(13)18-17/h7-10H,11-12H2,1-6H3.